The van der Waals surface area contributed by atoms with Gasteiger partial charge in [-0.25, -0.2) is 0 Å². The number of imide groups is 1. The lowest BCUT2D eigenvalue weighted by molar-refractivity contribution is -0.132. The van der Waals surface area contributed by atoms with Crippen molar-refractivity contribution in [3.05, 3.63) is 24.0 Å². The second-order valence-corrected chi connectivity index (χ2v) is 5.19. The number of piperazine rings is 1. The molecule has 2 unspecified atom stereocenters. The van der Waals surface area contributed by atoms with Gasteiger partial charge in [-0.1, -0.05) is 13.8 Å². The molecule has 1 aliphatic rings. The van der Waals surface area contributed by atoms with Gasteiger partial charge in [0.05, 0.1) is 24.1 Å². The maximum atomic E-state index is 11.9. The monoisotopic (exact) mass is 290 g/mol. The third-order valence-corrected chi connectivity index (χ3v) is 3.70. The SMILES string of the molecule is CCNC(C)c1ccc(N2CC(=O)NC(=O)C2CC)cn1. The summed E-state index contributed by atoms with van der Waals surface area (Å²) in [5, 5.41) is 5.68. The zero-order chi connectivity index (χ0) is 15.4. The summed E-state index contributed by atoms with van der Waals surface area (Å²) in [6.07, 6.45) is 2.38. The fourth-order valence-electron chi connectivity index (χ4n) is 2.58. The van der Waals surface area contributed by atoms with Crippen molar-refractivity contribution in [1.82, 2.24) is 15.6 Å². The number of carbonyl (C=O) groups is 2. The first-order chi connectivity index (χ1) is 10.1. The Morgan fingerprint density at radius 2 is 2.19 bits per heavy atom. The van der Waals surface area contributed by atoms with Crippen LogP contribution in [0.15, 0.2) is 18.3 Å². The molecule has 114 valence electrons. The lowest BCUT2D eigenvalue weighted by Crippen LogP contribution is -2.58. The van der Waals surface area contributed by atoms with Gasteiger partial charge in [0.25, 0.3) is 0 Å². The highest BCUT2D eigenvalue weighted by molar-refractivity contribution is 6.04. The van der Waals surface area contributed by atoms with Crippen LogP contribution >= 0.6 is 0 Å². The van der Waals surface area contributed by atoms with E-state index in [-0.39, 0.29) is 30.4 Å². The van der Waals surface area contributed by atoms with Crippen molar-refractivity contribution in [2.24, 2.45) is 0 Å². The molecule has 0 aromatic carbocycles. The van der Waals surface area contributed by atoms with Gasteiger partial charge in [-0.3, -0.25) is 19.9 Å². The molecule has 0 aliphatic carbocycles. The summed E-state index contributed by atoms with van der Waals surface area (Å²) in [5.41, 5.74) is 1.75. The number of amides is 2. The van der Waals surface area contributed by atoms with E-state index < -0.39 is 0 Å². The minimum absolute atomic E-state index is 0.178. The van der Waals surface area contributed by atoms with E-state index in [0.29, 0.717) is 6.42 Å². The van der Waals surface area contributed by atoms with Crippen molar-refractivity contribution in [3.63, 3.8) is 0 Å². The summed E-state index contributed by atoms with van der Waals surface area (Å²) in [6, 6.07) is 3.72. The Balaban J connectivity index is 2.20. The van der Waals surface area contributed by atoms with E-state index in [2.05, 4.69) is 29.5 Å². The predicted octanol–water partition coefficient (Wildman–Crippen LogP) is 0.993. The quantitative estimate of drug-likeness (QED) is 0.791. The predicted molar refractivity (Wildman–Crippen MR) is 80.9 cm³/mol. The molecule has 6 heteroatoms. The number of hydrogen-bond acceptors (Lipinski definition) is 5. The summed E-state index contributed by atoms with van der Waals surface area (Å²) in [6.45, 7) is 7.10. The van der Waals surface area contributed by atoms with Gasteiger partial charge in [0.2, 0.25) is 11.8 Å². The Hall–Kier alpha value is -1.95. The molecule has 1 saturated heterocycles. The summed E-state index contributed by atoms with van der Waals surface area (Å²) in [4.78, 5) is 29.7. The lowest BCUT2D eigenvalue weighted by Gasteiger charge is -2.35. The van der Waals surface area contributed by atoms with Crippen molar-refractivity contribution in [1.29, 1.82) is 0 Å². The molecule has 2 heterocycles. The number of nitrogens with zero attached hydrogens (tertiary/aromatic N) is 2. The highest BCUT2D eigenvalue weighted by Crippen LogP contribution is 2.21. The van der Waals surface area contributed by atoms with Gasteiger partial charge >= 0.3 is 0 Å². The van der Waals surface area contributed by atoms with Crippen LogP contribution in [-0.4, -0.2) is 35.9 Å². The highest BCUT2D eigenvalue weighted by atomic mass is 16.2. The third-order valence-electron chi connectivity index (χ3n) is 3.70. The summed E-state index contributed by atoms with van der Waals surface area (Å²) >= 11 is 0. The molecule has 0 bridgehead atoms. The first kappa shape index (κ1) is 15.4. The highest BCUT2D eigenvalue weighted by Gasteiger charge is 2.32. The molecule has 2 N–H and O–H groups in total. The van der Waals surface area contributed by atoms with Gasteiger partial charge < -0.3 is 10.2 Å². The van der Waals surface area contributed by atoms with E-state index in [1.165, 1.54) is 0 Å². The molecule has 2 atom stereocenters. The summed E-state index contributed by atoms with van der Waals surface area (Å²) in [7, 11) is 0. The van der Waals surface area contributed by atoms with Gasteiger partial charge in [0.15, 0.2) is 0 Å². The molecular weight excluding hydrogens is 268 g/mol. The second kappa shape index (κ2) is 6.67. The molecule has 2 rings (SSSR count). The zero-order valence-corrected chi connectivity index (χ0v) is 12.7. The molecule has 1 aromatic rings. The van der Waals surface area contributed by atoms with E-state index >= 15 is 0 Å². The van der Waals surface area contributed by atoms with Gasteiger partial charge in [-0.2, -0.15) is 0 Å². The van der Waals surface area contributed by atoms with Crippen LogP contribution in [0.25, 0.3) is 0 Å². The van der Waals surface area contributed by atoms with Crippen molar-refractivity contribution in [2.75, 3.05) is 18.0 Å². The molecule has 1 fully saturated rings. The first-order valence-electron chi connectivity index (χ1n) is 7.36. The van der Waals surface area contributed by atoms with Gasteiger partial charge in [-0.15, -0.1) is 0 Å². The van der Waals surface area contributed by atoms with E-state index in [0.717, 1.165) is 17.9 Å². The lowest BCUT2D eigenvalue weighted by atomic mass is 10.1. The number of nitrogens with one attached hydrogen (secondary N) is 2. The maximum Gasteiger partial charge on any atom is 0.249 e. The van der Waals surface area contributed by atoms with Gasteiger partial charge in [0.1, 0.15) is 6.04 Å². The van der Waals surface area contributed by atoms with Gasteiger partial charge in [0, 0.05) is 6.04 Å². The Labute approximate surface area is 124 Å². The Morgan fingerprint density at radius 3 is 2.76 bits per heavy atom. The molecule has 2 amide bonds. The number of carbonyl (C=O) groups excluding carboxylic acids is 2. The number of pyridine rings is 1. The molecular formula is C15H22N4O2. The molecule has 6 nitrogen and oxygen atoms in total. The molecule has 1 aromatic heterocycles. The van der Waals surface area contributed by atoms with Crippen molar-refractivity contribution in [3.8, 4) is 0 Å². The smallest absolute Gasteiger partial charge is 0.249 e. The van der Waals surface area contributed by atoms with Crippen molar-refractivity contribution < 1.29 is 9.59 Å². The standard InChI is InChI=1S/C15H22N4O2/c1-4-13-15(21)18-14(20)9-19(13)11-6-7-12(17-8-11)10(3)16-5-2/h6-8,10,13,16H,4-5,9H2,1-3H3,(H,18,20,21). The van der Waals surface area contributed by atoms with Crippen LogP contribution in [0.5, 0.6) is 0 Å². The van der Waals surface area contributed by atoms with E-state index in [4.69, 9.17) is 0 Å². The molecule has 0 radical (unpaired) electrons. The number of anilines is 1. The third kappa shape index (κ3) is 3.39. The van der Waals surface area contributed by atoms with E-state index in [1.54, 1.807) is 6.20 Å². The van der Waals surface area contributed by atoms with Crippen LogP contribution in [0.4, 0.5) is 5.69 Å². The average molecular weight is 290 g/mol. The molecule has 0 spiro atoms. The summed E-state index contributed by atoms with van der Waals surface area (Å²) < 4.78 is 0. The van der Waals surface area contributed by atoms with Crippen molar-refractivity contribution in [2.45, 2.75) is 39.3 Å². The van der Waals surface area contributed by atoms with E-state index in [1.807, 2.05) is 24.0 Å². The topological polar surface area (TPSA) is 74.3 Å². The largest absolute Gasteiger partial charge is 0.349 e. The molecule has 21 heavy (non-hydrogen) atoms. The fraction of sp³-hybridized carbons (Fsp3) is 0.533. The number of rotatable bonds is 5. The second-order valence-electron chi connectivity index (χ2n) is 5.19. The van der Waals surface area contributed by atoms with Crippen LogP contribution in [0.1, 0.15) is 38.9 Å². The van der Waals surface area contributed by atoms with Crippen LogP contribution < -0.4 is 15.5 Å². The maximum absolute atomic E-state index is 11.9. The average Bonchev–Trinajstić information content (AvgIpc) is 2.47. The molecule has 0 saturated carbocycles. The summed E-state index contributed by atoms with van der Waals surface area (Å²) in [5.74, 6) is -0.506. The Bertz CT molecular complexity index is 515. The Kier molecular flexibility index (Phi) is 4.90. The van der Waals surface area contributed by atoms with E-state index in [9.17, 15) is 9.59 Å². The number of aromatic nitrogens is 1. The van der Waals surface area contributed by atoms with Crippen LogP contribution in [0.2, 0.25) is 0 Å². The van der Waals surface area contributed by atoms with Crippen molar-refractivity contribution >= 4 is 17.5 Å². The Morgan fingerprint density at radius 1 is 1.43 bits per heavy atom. The first-order valence-corrected chi connectivity index (χ1v) is 7.36. The minimum atomic E-state index is -0.318. The van der Waals surface area contributed by atoms with Crippen LogP contribution in [-0.2, 0) is 9.59 Å². The van der Waals surface area contributed by atoms with Crippen LogP contribution in [0, 0.1) is 0 Å². The minimum Gasteiger partial charge on any atom is -0.349 e. The zero-order valence-electron chi connectivity index (χ0n) is 12.7. The fourth-order valence-corrected chi connectivity index (χ4v) is 2.58. The van der Waals surface area contributed by atoms with Crippen LogP contribution in [0.3, 0.4) is 0 Å². The van der Waals surface area contributed by atoms with Gasteiger partial charge in [-0.05, 0) is 32.0 Å². The normalized spacial score (nSPS) is 20.3. The molecule has 1 aliphatic heterocycles. The number of hydrogen-bond donors (Lipinski definition) is 2.